The predicted molar refractivity (Wildman–Crippen MR) is 94.4 cm³/mol. The molecule has 0 aromatic heterocycles. The van der Waals surface area contributed by atoms with Gasteiger partial charge in [-0.3, -0.25) is 25.2 Å². The zero-order valence-corrected chi connectivity index (χ0v) is 14.9. The normalized spacial score (nSPS) is 10.8. The Hall–Kier alpha value is -2.87. The second-order valence-corrected chi connectivity index (χ2v) is 7.25. The summed E-state index contributed by atoms with van der Waals surface area (Å²) in [5.74, 6) is -0.952. The van der Waals surface area contributed by atoms with E-state index >= 15 is 0 Å². The molecule has 0 saturated carbocycles. The molecule has 2 rings (SSSR count). The van der Waals surface area contributed by atoms with Crippen LogP contribution in [0, 0.1) is 13.8 Å². The number of benzene rings is 2. The van der Waals surface area contributed by atoms with Crippen LogP contribution in [-0.2, 0) is 14.8 Å². The zero-order chi connectivity index (χ0) is 18.6. The van der Waals surface area contributed by atoms with Crippen LogP contribution in [0.15, 0.2) is 47.4 Å². The molecule has 2 aromatic rings. The molecule has 7 nitrogen and oxygen atoms in total. The molecular formula is C17H19N3O4S. The van der Waals surface area contributed by atoms with Gasteiger partial charge in [-0.2, -0.15) is 0 Å². The molecule has 0 aliphatic heterocycles. The van der Waals surface area contributed by atoms with Gasteiger partial charge in [0.05, 0.1) is 4.90 Å². The zero-order valence-electron chi connectivity index (χ0n) is 14.1. The molecule has 132 valence electrons. The fraction of sp³-hybridized carbons (Fsp3) is 0.176. The first-order valence-electron chi connectivity index (χ1n) is 7.46. The minimum atomic E-state index is -3.76. The number of hydrogen-bond acceptors (Lipinski definition) is 4. The van der Waals surface area contributed by atoms with Gasteiger partial charge in [0, 0.05) is 18.2 Å². The number of sulfonamides is 1. The van der Waals surface area contributed by atoms with Crippen molar-refractivity contribution in [2.75, 3.05) is 4.72 Å². The largest absolute Gasteiger partial charge is 0.280 e. The van der Waals surface area contributed by atoms with Gasteiger partial charge in [0.2, 0.25) is 5.91 Å². The average Bonchev–Trinajstić information content (AvgIpc) is 2.56. The molecule has 0 radical (unpaired) electrons. The first-order valence-corrected chi connectivity index (χ1v) is 8.94. The maximum atomic E-state index is 12.4. The fourth-order valence-corrected chi connectivity index (χ4v) is 3.07. The van der Waals surface area contributed by atoms with Crippen LogP contribution in [0.25, 0.3) is 0 Å². The Balaban J connectivity index is 2.15. The number of hydrazine groups is 1. The van der Waals surface area contributed by atoms with Crippen LogP contribution in [-0.4, -0.2) is 20.2 Å². The van der Waals surface area contributed by atoms with Crippen molar-refractivity contribution in [3.05, 3.63) is 59.2 Å². The fourth-order valence-electron chi connectivity index (χ4n) is 2.02. The van der Waals surface area contributed by atoms with Gasteiger partial charge in [-0.25, -0.2) is 8.42 Å². The van der Waals surface area contributed by atoms with Gasteiger partial charge in [0.1, 0.15) is 0 Å². The minimum Gasteiger partial charge on any atom is -0.280 e. The van der Waals surface area contributed by atoms with Gasteiger partial charge < -0.3 is 0 Å². The summed E-state index contributed by atoms with van der Waals surface area (Å²) in [5, 5.41) is 0. The van der Waals surface area contributed by atoms with Crippen molar-refractivity contribution in [1.82, 2.24) is 10.9 Å². The lowest BCUT2D eigenvalue weighted by Gasteiger charge is -2.10. The second kappa shape index (κ2) is 7.35. The van der Waals surface area contributed by atoms with Gasteiger partial charge in [-0.15, -0.1) is 0 Å². The lowest BCUT2D eigenvalue weighted by atomic mass is 10.1. The van der Waals surface area contributed by atoms with Gasteiger partial charge in [0.15, 0.2) is 0 Å². The summed E-state index contributed by atoms with van der Waals surface area (Å²) in [5.41, 5.74) is 7.10. The van der Waals surface area contributed by atoms with Crippen molar-refractivity contribution in [3.8, 4) is 0 Å². The maximum absolute atomic E-state index is 12.4. The highest BCUT2D eigenvalue weighted by Crippen LogP contribution is 2.19. The minimum absolute atomic E-state index is 0.0294. The van der Waals surface area contributed by atoms with Crippen molar-refractivity contribution in [2.24, 2.45) is 0 Å². The van der Waals surface area contributed by atoms with Crippen LogP contribution in [0.2, 0.25) is 0 Å². The Morgan fingerprint density at radius 1 is 0.880 bits per heavy atom. The van der Waals surface area contributed by atoms with Crippen molar-refractivity contribution < 1.29 is 18.0 Å². The highest BCUT2D eigenvalue weighted by atomic mass is 32.2. The van der Waals surface area contributed by atoms with Crippen LogP contribution in [0.1, 0.15) is 28.4 Å². The first-order chi connectivity index (χ1) is 11.7. The highest BCUT2D eigenvalue weighted by molar-refractivity contribution is 7.92. The molecule has 0 aliphatic carbocycles. The van der Waals surface area contributed by atoms with Crippen molar-refractivity contribution in [2.45, 2.75) is 25.7 Å². The summed E-state index contributed by atoms with van der Waals surface area (Å²) in [6.07, 6.45) is 0. The molecule has 0 aliphatic rings. The van der Waals surface area contributed by atoms with E-state index in [9.17, 15) is 18.0 Å². The van der Waals surface area contributed by atoms with Crippen LogP contribution in [0.4, 0.5) is 5.69 Å². The Morgan fingerprint density at radius 3 is 2.08 bits per heavy atom. The monoisotopic (exact) mass is 361 g/mol. The van der Waals surface area contributed by atoms with Crippen LogP contribution in [0.5, 0.6) is 0 Å². The Morgan fingerprint density at radius 2 is 1.52 bits per heavy atom. The van der Waals surface area contributed by atoms with Crippen molar-refractivity contribution >= 4 is 27.5 Å². The van der Waals surface area contributed by atoms with Crippen LogP contribution >= 0.6 is 0 Å². The molecule has 0 saturated heterocycles. The van der Waals surface area contributed by atoms with E-state index in [1.54, 1.807) is 12.1 Å². The quantitative estimate of drug-likeness (QED) is 0.723. The van der Waals surface area contributed by atoms with Gasteiger partial charge in [-0.05, 0) is 61.4 Å². The molecule has 0 unspecified atom stereocenters. The third-order valence-corrected chi connectivity index (χ3v) is 4.94. The smallest absolute Gasteiger partial charge is 0.269 e. The standard InChI is InChI=1S/C17H19N3O4S/c1-11-4-7-15(10-12(11)2)20-25(23,24)16-8-5-14(6-9-16)17(22)19-18-13(3)21/h4-10,20H,1-3H3,(H,18,21)(H,19,22). The third-order valence-electron chi connectivity index (χ3n) is 3.54. The maximum Gasteiger partial charge on any atom is 0.269 e. The molecule has 8 heteroatoms. The Labute approximate surface area is 146 Å². The van der Waals surface area contributed by atoms with E-state index in [1.807, 2.05) is 19.9 Å². The SMILES string of the molecule is CC(=O)NNC(=O)c1ccc(S(=O)(=O)Nc2ccc(C)c(C)c2)cc1. The highest BCUT2D eigenvalue weighted by Gasteiger charge is 2.15. The topological polar surface area (TPSA) is 104 Å². The summed E-state index contributed by atoms with van der Waals surface area (Å²) in [6, 6.07) is 10.7. The number of carbonyl (C=O) groups excluding carboxylic acids is 2. The van der Waals surface area contributed by atoms with E-state index < -0.39 is 21.8 Å². The molecule has 2 aromatic carbocycles. The summed E-state index contributed by atoms with van der Waals surface area (Å²) in [4.78, 5) is 22.6. The second-order valence-electron chi connectivity index (χ2n) is 5.56. The predicted octanol–water partition coefficient (Wildman–Crippen LogP) is 1.89. The Kier molecular flexibility index (Phi) is 5.43. The summed E-state index contributed by atoms with van der Waals surface area (Å²) in [6.45, 7) is 5.10. The van der Waals surface area contributed by atoms with Gasteiger partial charge >= 0.3 is 0 Å². The Bertz CT molecular complexity index is 906. The summed E-state index contributed by atoms with van der Waals surface area (Å²) < 4.78 is 27.4. The average molecular weight is 361 g/mol. The number of rotatable bonds is 4. The molecule has 0 heterocycles. The van der Waals surface area contributed by atoms with Crippen LogP contribution < -0.4 is 15.6 Å². The van der Waals surface area contributed by atoms with E-state index in [1.165, 1.54) is 31.2 Å². The number of hydrogen-bond donors (Lipinski definition) is 3. The van der Waals surface area contributed by atoms with E-state index in [0.29, 0.717) is 5.69 Å². The first kappa shape index (κ1) is 18.5. The lowest BCUT2D eigenvalue weighted by molar-refractivity contribution is -0.119. The lowest BCUT2D eigenvalue weighted by Crippen LogP contribution is -2.40. The van der Waals surface area contributed by atoms with E-state index in [2.05, 4.69) is 15.6 Å². The van der Waals surface area contributed by atoms with Crippen molar-refractivity contribution in [1.29, 1.82) is 0 Å². The van der Waals surface area contributed by atoms with Crippen LogP contribution in [0.3, 0.4) is 0 Å². The van der Waals surface area contributed by atoms with Gasteiger partial charge in [-0.1, -0.05) is 6.07 Å². The number of aryl methyl sites for hydroxylation is 2. The molecular weight excluding hydrogens is 342 g/mol. The molecule has 2 amide bonds. The molecule has 25 heavy (non-hydrogen) atoms. The molecule has 0 bridgehead atoms. The van der Waals surface area contributed by atoms with E-state index in [4.69, 9.17) is 0 Å². The number of carbonyl (C=O) groups is 2. The summed E-state index contributed by atoms with van der Waals surface area (Å²) in [7, 11) is -3.76. The molecule has 3 N–H and O–H groups in total. The summed E-state index contributed by atoms with van der Waals surface area (Å²) >= 11 is 0. The number of anilines is 1. The molecule has 0 fully saturated rings. The van der Waals surface area contributed by atoms with Crippen molar-refractivity contribution in [3.63, 3.8) is 0 Å². The number of nitrogens with one attached hydrogen (secondary N) is 3. The molecule has 0 spiro atoms. The molecule has 0 atom stereocenters. The van der Waals surface area contributed by atoms with E-state index in [-0.39, 0.29) is 10.5 Å². The third kappa shape index (κ3) is 4.80. The van der Waals surface area contributed by atoms with E-state index in [0.717, 1.165) is 11.1 Å². The number of amides is 2. The van der Waals surface area contributed by atoms with Gasteiger partial charge in [0.25, 0.3) is 15.9 Å².